The summed E-state index contributed by atoms with van der Waals surface area (Å²) in [5.74, 6) is 0.930. The third-order valence-corrected chi connectivity index (χ3v) is 5.11. The second-order valence-electron chi connectivity index (χ2n) is 5.13. The molecule has 0 bridgehead atoms. The first-order chi connectivity index (χ1) is 9.63. The Morgan fingerprint density at radius 1 is 0.900 bits per heavy atom. The fraction of sp³-hybridized carbons (Fsp3) is 0.294. The molecule has 0 amide bonds. The van der Waals surface area contributed by atoms with E-state index in [0.29, 0.717) is 11.8 Å². The van der Waals surface area contributed by atoms with Gasteiger partial charge in [0.1, 0.15) is 0 Å². The molecule has 0 fully saturated rings. The lowest BCUT2D eigenvalue weighted by Gasteiger charge is -2.32. The molecule has 0 heterocycles. The van der Waals surface area contributed by atoms with Crippen molar-refractivity contribution in [2.45, 2.75) is 18.8 Å². The molecule has 2 rings (SSSR count). The molecule has 0 saturated heterocycles. The van der Waals surface area contributed by atoms with Gasteiger partial charge in [0.2, 0.25) is 0 Å². The Hall–Kier alpha value is -0.690. The Labute approximate surface area is 135 Å². The molecule has 106 valence electrons. The van der Waals surface area contributed by atoms with Gasteiger partial charge in [-0.15, -0.1) is 23.2 Å². The summed E-state index contributed by atoms with van der Waals surface area (Å²) in [6.45, 7) is 2.09. The summed E-state index contributed by atoms with van der Waals surface area (Å²) in [7, 11) is 0. The Bertz CT molecular complexity index is 574. The van der Waals surface area contributed by atoms with E-state index in [-0.39, 0.29) is 5.41 Å². The van der Waals surface area contributed by atoms with Crippen LogP contribution in [0.5, 0.6) is 0 Å². The third-order valence-electron chi connectivity index (χ3n) is 3.71. The van der Waals surface area contributed by atoms with Crippen LogP contribution < -0.4 is 0 Å². The van der Waals surface area contributed by atoms with Crippen molar-refractivity contribution >= 4 is 34.8 Å². The van der Waals surface area contributed by atoms with Crippen molar-refractivity contribution in [1.29, 1.82) is 0 Å². The van der Waals surface area contributed by atoms with Gasteiger partial charge in [-0.25, -0.2) is 0 Å². The van der Waals surface area contributed by atoms with Gasteiger partial charge in [-0.2, -0.15) is 0 Å². The first-order valence-corrected chi connectivity index (χ1v) is 7.99. The first kappa shape index (κ1) is 15.7. The van der Waals surface area contributed by atoms with Crippen LogP contribution in [-0.2, 0) is 11.8 Å². The van der Waals surface area contributed by atoms with Crippen molar-refractivity contribution < 1.29 is 0 Å². The molecule has 0 nitrogen and oxygen atoms in total. The number of aryl methyl sites for hydroxylation is 1. The van der Waals surface area contributed by atoms with Crippen molar-refractivity contribution in [3.8, 4) is 0 Å². The lowest BCUT2D eigenvalue weighted by atomic mass is 9.77. The minimum Gasteiger partial charge on any atom is -0.126 e. The fourth-order valence-corrected chi connectivity index (χ4v) is 3.51. The van der Waals surface area contributed by atoms with E-state index in [1.165, 1.54) is 11.1 Å². The number of hydrogen-bond acceptors (Lipinski definition) is 0. The Morgan fingerprint density at radius 2 is 1.50 bits per heavy atom. The SMILES string of the molecule is Cc1ccccc1C(CCl)(CCl)Cc1ccccc1Cl. The average Bonchev–Trinajstić information content (AvgIpc) is 2.48. The van der Waals surface area contributed by atoms with Crippen LogP contribution in [0.2, 0.25) is 5.02 Å². The van der Waals surface area contributed by atoms with Crippen molar-refractivity contribution in [1.82, 2.24) is 0 Å². The van der Waals surface area contributed by atoms with E-state index in [4.69, 9.17) is 34.8 Å². The van der Waals surface area contributed by atoms with Crippen molar-refractivity contribution in [3.05, 3.63) is 70.2 Å². The zero-order valence-corrected chi connectivity index (χ0v) is 13.6. The second-order valence-corrected chi connectivity index (χ2v) is 6.07. The summed E-state index contributed by atoms with van der Waals surface area (Å²) in [4.78, 5) is 0. The van der Waals surface area contributed by atoms with Crippen molar-refractivity contribution in [2.75, 3.05) is 11.8 Å². The van der Waals surface area contributed by atoms with Gasteiger partial charge in [0.25, 0.3) is 0 Å². The molecule has 2 aromatic rings. The molecule has 0 N–H and O–H groups in total. The maximum absolute atomic E-state index is 6.31. The standard InChI is InChI=1S/C17H17Cl3/c1-13-6-2-4-8-15(13)17(11-18,12-19)10-14-7-3-5-9-16(14)20/h2-9H,10-12H2,1H3. The molecular formula is C17H17Cl3. The smallest absolute Gasteiger partial charge is 0.0438 e. The molecule has 0 radical (unpaired) electrons. The molecular weight excluding hydrogens is 311 g/mol. The van der Waals surface area contributed by atoms with E-state index in [1.807, 2.05) is 36.4 Å². The fourth-order valence-electron chi connectivity index (χ4n) is 2.54. The minimum atomic E-state index is -0.292. The van der Waals surface area contributed by atoms with E-state index in [2.05, 4.69) is 19.1 Å². The Kier molecular flexibility index (Phi) is 5.37. The lowest BCUT2D eigenvalue weighted by Crippen LogP contribution is -2.34. The highest BCUT2D eigenvalue weighted by molar-refractivity contribution is 6.31. The van der Waals surface area contributed by atoms with Gasteiger partial charge in [0.05, 0.1) is 0 Å². The quantitative estimate of drug-likeness (QED) is 0.626. The molecule has 0 aliphatic heterocycles. The second kappa shape index (κ2) is 6.85. The van der Waals surface area contributed by atoms with Crippen LogP contribution in [-0.4, -0.2) is 11.8 Å². The number of hydrogen-bond donors (Lipinski definition) is 0. The zero-order valence-electron chi connectivity index (χ0n) is 11.4. The van der Waals surface area contributed by atoms with Gasteiger partial charge < -0.3 is 0 Å². The monoisotopic (exact) mass is 326 g/mol. The molecule has 0 aromatic heterocycles. The molecule has 0 atom stereocenters. The average molecular weight is 328 g/mol. The molecule has 0 unspecified atom stereocenters. The van der Waals surface area contributed by atoms with Gasteiger partial charge in [-0.1, -0.05) is 54.1 Å². The molecule has 0 spiro atoms. The molecule has 0 saturated carbocycles. The Balaban J connectivity index is 2.46. The third kappa shape index (κ3) is 3.14. The predicted octanol–water partition coefficient (Wildman–Crippen LogP) is 5.61. The van der Waals surface area contributed by atoms with Crippen LogP contribution in [0.1, 0.15) is 16.7 Å². The summed E-state index contributed by atoms with van der Waals surface area (Å²) in [6, 6.07) is 16.1. The van der Waals surface area contributed by atoms with Crippen LogP contribution in [0.4, 0.5) is 0 Å². The minimum absolute atomic E-state index is 0.292. The van der Waals surface area contributed by atoms with Gasteiger partial charge in [-0.3, -0.25) is 0 Å². The van der Waals surface area contributed by atoms with Crippen LogP contribution in [0.3, 0.4) is 0 Å². The predicted molar refractivity (Wildman–Crippen MR) is 89.5 cm³/mol. The normalized spacial score (nSPS) is 11.6. The highest BCUT2D eigenvalue weighted by Gasteiger charge is 2.32. The van der Waals surface area contributed by atoms with Gasteiger partial charge in [0, 0.05) is 22.2 Å². The van der Waals surface area contributed by atoms with Crippen LogP contribution >= 0.6 is 34.8 Å². The first-order valence-electron chi connectivity index (χ1n) is 6.54. The zero-order chi connectivity index (χ0) is 14.6. The topological polar surface area (TPSA) is 0 Å². The Morgan fingerprint density at radius 3 is 2.10 bits per heavy atom. The number of benzene rings is 2. The number of halogens is 3. The van der Waals surface area contributed by atoms with Gasteiger partial charge in [0.15, 0.2) is 0 Å². The molecule has 2 aromatic carbocycles. The molecule has 0 aliphatic rings. The highest BCUT2D eigenvalue weighted by atomic mass is 35.5. The van der Waals surface area contributed by atoms with Gasteiger partial charge in [-0.05, 0) is 36.1 Å². The summed E-state index contributed by atoms with van der Waals surface area (Å²) in [5, 5.41) is 0.765. The largest absolute Gasteiger partial charge is 0.126 e. The van der Waals surface area contributed by atoms with E-state index in [1.54, 1.807) is 0 Å². The maximum atomic E-state index is 6.31. The highest BCUT2D eigenvalue weighted by Crippen LogP contribution is 2.35. The molecule has 20 heavy (non-hydrogen) atoms. The number of rotatable bonds is 5. The van der Waals surface area contributed by atoms with E-state index in [0.717, 1.165) is 17.0 Å². The molecule has 0 aliphatic carbocycles. The van der Waals surface area contributed by atoms with Crippen molar-refractivity contribution in [3.63, 3.8) is 0 Å². The van der Waals surface area contributed by atoms with E-state index in [9.17, 15) is 0 Å². The van der Waals surface area contributed by atoms with Crippen LogP contribution in [0.25, 0.3) is 0 Å². The summed E-state index contributed by atoms with van der Waals surface area (Å²) < 4.78 is 0. The summed E-state index contributed by atoms with van der Waals surface area (Å²) >= 11 is 18.9. The lowest BCUT2D eigenvalue weighted by molar-refractivity contribution is 0.533. The van der Waals surface area contributed by atoms with Gasteiger partial charge >= 0.3 is 0 Å². The van der Waals surface area contributed by atoms with E-state index < -0.39 is 0 Å². The maximum Gasteiger partial charge on any atom is 0.0438 e. The van der Waals surface area contributed by atoms with Crippen LogP contribution in [0.15, 0.2) is 48.5 Å². The summed E-state index contributed by atoms with van der Waals surface area (Å²) in [5.41, 5.74) is 3.20. The van der Waals surface area contributed by atoms with Crippen molar-refractivity contribution in [2.24, 2.45) is 0 Å². The molecule has 3 heteroatoms. The summed E-state index contributed by atoms with van der Waals surface area (Å²) in [6.07, 6.45) is 0.741. The van der Waals surface area contributed by atoms with E-state index >= 15 is 0 Å². The number of alkyl halides is 2. The van der Waals surface area contributed by atoms with Crippen LogP contribution in [0, 0.1) is 6.92 Å².